The van der Waals surface area contributed by atoms with Crippen LogP contribution < -0.4 is 5.32 Å². The largest absolute Gasteiger partial charge is 0.467 e. The van der Waals surface area contributed by atoms with Crippen molar-refractivity contribution in [3.63, 3.8) is 0 Å². The molecule has 0 bridgehead atoms. The third-order valence-electron chi connectivity index (χ3n) is 13.4. The molecule has 28 heteroatoms. The van der Waals surface area contributed by atoms with Gasteiger partial charge in [-0.3, -0.25) is 9.35 Å². The molecular formula is C58H57NO26S. The number of nitrogens with one attached hydrogen (secondary N) is 1. The zero-order valence-corrected chi connectivity index (χ0v) is 46.7. The van der Waals surface area contributed by atoms with E-state index in [1.165, 1.54) is 121 Å². The minimum absolute atomic E-state index is 0.0232. The molecule has 0 aromatic heterocycles. The summed E-state index contributed by atoms with van der Waals surface area (Å²) in [6, 6.07) is 34.4. The van der Waals surface area contributed by atoms with E-state index in [0.717, 1.165) is 28.3 Å². The first-order valence-corrected chi connectivity index (χ1v) is 27.5. The average Bonchev–Trinajstić information content (AvgIpc) is 1.36. The van der Waals surface area contributed by atoms with Gasteiger partial charge in [0.15, 0.2) is 61.6 Å². The van der Waals surface area contributed by atoms with Gasteiger partial charge in [0.05, 0.1) is 48.6 Å². The van der Waals surface area contributed by atoms with Crippen LogP contribution in [0.2, 0.25) is 0 Å². The van der Waals surface area contributed by atoms with Gasteiger partial charge in [-0.15, -0.1) is 0 Å². The van der Waals surface area contributed by atoms with E-state index in [9.17, 15) is 56.4 Å². The van der Waals surface area contributed by atoms with Crippen LogP contribution in [0.3, 0.4) is 0 Å². The molecule has 0 spiro atoms. The summed E-state index contributed by atoms with van der Waals surface area (Å²) in [4.78, 5) is 112. The number of carbonyl (C=O) groups excluding carboxylic acids is 8. The number of hydrogen-bond donors (Lipinski definition) is 3. The van der Waals surface area contributed by atoms with E-state index in [1.54, 1.807) is 30.3 Å². The summed E-state index contributed by atoms with van der Waals surface area (Å²) in [5.74, 6) is -9.11. The zero-order valence-electron chi connectivity index (χ0n) is 45.9. The summed E-state index contributed by atoms with van der Waals surface area (Å²) >= 11 is 0. The van der Waals surface area contributed by atoms with E-state index in [2.05, 4.69) is 9.50 Å². The lowest BCUT2D eigenvalue weighted by Crippen LogP contribution is -2.71. The minimum atomic E-state index is -5.41. The van der Waals surface area contributed by atoms with Gasteiger partial charge in [0.25, 0.3) is 0 Å². The number of carbonyl (C=O) groups is 8. The lowest BCUT2D eigenvalue weighted by atomic mass is 9.94. The quantitative estimate of drug-likeness (QED) is 0.0540. The lowest BCUT2D eigenvalue weighted by Gasteiger charge is -2.50. The first-order chi connectivity index (χ1) is 41.3. The summed E-state index contributed by atoms with van der Waals surface area (Å²) in [7, 11) is -2.44. The van der Waals surface area contributed by atoms with E-state index < -0.39 is 157 Å². The van der Waals surface area contributed by atoms with E-state index >= 15 is 0 Å². The Bertz CT molecular complexity index is 3270. The molecular weight excluding hydrogens is 1160 g/mol. The number of aliphatic hydroxyl groups excluding tert-OH is 1. The highest BCUT2D eigenvalue weighted by Crippen LogP contribution is 2.38. The molecule has 3 fully saturated rings. The fourth-order valence-electron chi connectivity index (χ4n) is 9.34. The Morgan fingerprint density at radius 3 is 1.16 bits per heavy atom. The molecule has 456 valence electrons. The van der Waals surface area contributed by atoms with Gasteiger partial charge in [0.1, 0.15) is 30.5 Å². The highest BCUT2D eigenvalue weighted by Gasteiger charge is 2.61. The van der Waals surface area contributed by atoms with Crippen LogP contribution in [0.25, 0.3) is 0 Å². The number of ether oxygens (including phenoxy) is 13. The van der Waals surface area contributed by atoms with Crippen LogP contribution in [0, 0.1) is 0 Å². The number of methoxy groups -OCH3 is 3. The number of benzene rings is 5. The normalized spacial score (nSPS) is 27.2. The smallest absolute Gasteiger partial charge is 0.397 e. The molecule has 0 radical (unpaired) electrons. The molecule has 5 aromatic rings. The van der Waals surface area contributed by atoms with E-state index in [-0.39, 0.29) is 27.8 Å². The van der Waals surface area contributed by atoms with Gasteiger partial charge in [-0.05, 0) is 60.7 Å². The third kappa shape index (κ3) is 15.7. The molecule has 3 aliphatic heterocycles. The van der Waals surface area contributed by atoms with Gasteiger partial charge in [0, 0.05) is 14.0 Å². The second-order valence-electron chi connectivity index (χ2n) is 19.0. The van der Waals surface area contributed by atoms with Gasteiger partial charge in [0.2, 0.25) is 5.91 Å². The summed E-state index contributed by atoms with van der Waals surface area (Å²) in [6.07, 6.45) is -29.9. The first-order valence-electron chi connectivity index (χ1n) is 26.1. The molecule has 27 nitrogen and oxygen atoms in total. The van der Waals surface area contributed by atoms with Crippen molar-refractivity contribution in [1.29, 1.82) is 0 Å². The van der Waals surface area contributed by atoms with Gasteiger partial charge in [-0.2, -0.15) is 8.42 Å². The van der Waals surface area contributed by atoms with Crippen LogP contribution in [0.15, 0.2) is 152 Å². The summed E-state index contributed by atoms with van der Waals surface area (Å²) in [6.45, 7) is -0.345. The van der Waals surface area contributed by atoms with Crippen molar-refractivity contribution >= 4 is 58.1 Å². The Morgan fingerprint density at radius 1 is 0.453 bits per heavy atom. The molecule has 0 saturated carbocycles. The monoisotopic (exact) mass is 1220 g/mol. The Morgan fingerprint density at radius 2 is 0.791 bits per heavy atom. The van der Waals surface area contributed by atoms with Crippen molar-refractivity contribution in [2.45, 2.75) is 99.0 Å². The highest BCUT2D eigenvalue weighted by molar-refractivity contribution is 7.80. The van der Waals surface area contributed by atoms with Crippen LogP contribution in [0.5, 0.6) is 0 Å². The number of amides is 1. The maximum Gasteiger partial charge on any atom is 0.397 e. The van der Waals surface area contributed by atoms with E-state index in [0.29, 0.717) is 0 Å². The summed E-state index contributed by atoms with van der Waals surface area (Å²) < 4.78 is 116. The predicted octanol–water partition coefficient (Wildman–Crippen LogP) is 2.74. The molecule has 8 rings (SSSR count). The molecule has 5 aromatic carbocycles. The highest BCUT2D eigenvalue weighted by atomic mass is 32.3. The Hall–Kier alpha value is -8.55. The molecule has 0 aliphatic carbocycles. The third-order valence-corrected chi connectivity index (χ3v) is 13.8. The summed E-state index contributed by atoms with van der Waals surface area (Å²) in [5, 5.41) is 14.9. The molecule has 0 unspecified atom stereocenters. The Balaban J connectivity index is 1.27. The van der Waals surface area contributed by atoms with Crippen molar-refractivity contribution in [2.75, 3.05) is 27.9 Å². The minimum Gasteiger partial charge on any atom is -0.467 e. The predicted molar refractivity (Wildman–Crippen MR) is 286 cm³/mol. The van der Waals surface area contributed by atoms with Gasteiger partial charge < -0.3 is 72.0 Å². The molecule has 3 saturated heterocycles. The zero-order chi connectivity index (χ0) is 61.7. The molecule has 86 heavy (non-hydrogen) atoms. The summed E-state index contributed by atoms with van der Waals surface area (Å²) in [5.41, 5.74) is -0.431. The Kier molecular flexibility index (Phi) is 21.4. The number of rotatable bonds is 21. The van der Waals surface area contributed by atoms with E-state index in [1.807, 2.05) is 0 Å². The van der Waals surface area contributed by atoms with Crippen molar-refractivity contribution < 1.29 is 122 Å². The number of esters is 7. The fraction of sp³-hybridized carbons (Fsp3) is 0.345. The fourth-order valence-corrected chi connectivity index (χ4v) is 9.65. The maximum atomic E-state index is 14.3. The number of aliphatic hydroxyl groups is 1. The molecule has 3 aliphatic rings. The van der Waals surface area contributed by atoms with Crippen molar-refractivity contribution in [3.8, 4) is 0 Å². The van der Waals surface area contributed by atoms with Gasteiger partial charge in [-0.1, -0.05) is 91.0 Å². The topological polar surface area (TPSA) is 352 Å². The standard InChI is InChI=1S/C58H57NO26S/c1-31(60)59-38-40(82-58-48(81-53(66)36-28-18-9-19-29-36)43(78-50(63)33-22-12-6-13-23-33)41(45(85-58)54(67)72-2)77-49(62)32-20-10-5-11-21-32)39(61)37(30-75-86(69,70)71)76-56(38)83-42-44(79-51(64)34-24-14-7-15-25-34)47(57(74-4)84-46(42)55(68)73-3)80-52(65)35-26-16-8-17-27-35/h5-29,37-48,56-58,61H,30H2,1-4H3,(H,59,60)(H,69,70,71)/t37-,38-,39+,40-,41+,42+,43+,44+,45+,46+,47-,48-,56+,57-,58-/m1/s1. The van der Waals surface area contributed by atoms with E-state index in [4.69, 9.17) is 61.6 Å². The van der Waals surface area contributed by atoms with Crippen molar-refractivity contribution in [1.82, 2.24) is 5.32 Å². The first kappa shape index (κ1) is 63.5. The van der Waals surface area contributed by atoms with Crippen LogP contribution in [0.1, 0.15) is 58.7 Å². The van der Waals surface area contributed by atoms with Crippen LogP contribution in [0.4, 0.5) is 0 Å². The second-order valence-corrected chi connectivity index (χ2v) is 20.1. The molecule has 15 atom stereocenters. The van der Waals surface area contributed by atoms with Crippen LogP contribution >= 0.6 is 0 Å². The molecule has 1 amide bonds. The van der Waals surface area contributed by atoms with Gasteiger partial charge in [-0.25, -0.2) is 37.7 Å². The molecule has 3 N–H and O–H groups in total. The van der Waals surface area contributed by atoms with Crippen LogP contribution in [-0.2, 0) is 90.5 Å². The van der Waals surface area contributed by atoms with Gasteiger partial charge >= 0.3 is 52.2 Å². The lowest BCUT2D eigenvalue weighted by molar-refractivity contribution is -0.357. The average molecular weight is 1220 g/mol. The SMILES string of the molecule is COC(=O)[C@H]1O[C@@H](O[C@H]2[C@@H](O)[C@@H](COS(=O)(=O)O)O[C@@H](O[C@H]3[C@H](OC(=O)c4ccccc4)[C@@H](OC(=O)c4ccccc4)[C@H](OC)O[C@@H]3C(=O)OC)[C@@H]2NC(C)=O)[C@H](OC(=O)c2ccccc2)[C@@H](OC(=O)c2ccccc2)[C@@H]1OC(=O)c1ccccc1. The second kappa shape index (κ2) is 29.0. The molecule has 3 heterocycles. The maximum absolute atomic E-state index is 14.3. The Labute approximate surface area is 490 Å². The van der Waals surface area contributed by atoms with Crippen molar-refractivity contribution in [3.05, 3.63) is 179 Å². The van der Waals surface area contributed by atoms with Crippen molar-refractivity contribution in [2.24, 2.45) is 0 Å². The van der Waals surface area contributed by atoms with Crippen LogP contribution in [-0.4, -0.2) is 186 Å². The number of hydrogen-bond acceptors (Lipinski definition) is 25.